The van der Waals surface area contributed by atoms with Crippen LogP contribution >= 0.6 is 0 Å². The van der Waals surface area contributed by atoms with Gasteiger partial charge in [0.2, 0.25) is 5.69 Å². The quantitative estimate of drug-likeness (QED) is 0.193. The predicted octanol–water partition coefficient (Wildman–Crippen LogP) is 12.0. The fraction of sp³-hybridized carbons (Fsp3) is 0.477. The van der Waals surface area contributed by atoms with Gasteiger partial charge in [0.1, 0.15) is 6.61 Å². The molecule has 0 saturated carbocycles. The van der Waals surface area contributed by atoms with Crippen molar-refractivity contribution in [1.29, 1.82) is 0 Å². The second kappa shape index (κ2) is 18.8. The van der Waals surface area contributed by atoms with E-state index in [4.69, 9.17) is 0 Å². The maximum absolute atomic E-state index is 9.64. The fourth-order valence-corrected chi connectivity index (χ4v) is 6.61. The zero-order valence-corrected chi connectivity index (χ0v) is 31.1. The maximum Gasteiger partial charge on any atom is 0.206 e. The first-order chi connectivity index (χ1) is 21.8. The Hall–Kier alpha value is -3.23. The number of pyridine rings is 1. The second-order valence-electron chi connectivity index (χ2n) is 14.3. The summed E-state index contributed by atoms with van der Waals surface area (Å²) in [7, 11) is 0. The third-order valence-corrected chi connectivity index (χ3v) is 9.29. The lowest BCUT2D eigenvalue weighted by Gasteiger charge is -2.33. The average Bonchev–Trinajstić information content (AvgIpc) is 2.98. The van der Waals surface area contributed by atoms with Gasteiger partial charge in [0.25, 0.3) is 0 Å². The van der Waals surface area contributed by atoms with Gasteiger partial charge in [-0.3, -0.25) is 0 Å². The van der Waals surface area contributed by atoms with E-state index in [2.05, 4.69) is 152 Å². The largest absolute Gasteiger partial charge is 0.390 e. The summed E-state index contributed by atoms with van der Waals surface area (Å²) in [6, 6.07) is 4.29. The number of aliphatic hydroxyl groups is 1. The molecule has 0 atom stereocenters. The molecule has 0 saturated heterocycles. The Bertz CT molecular complexity index is 1440. The molecule has 1 heterocycles. The summed E-state index contributed by atoms with van der Waals surface area (Å²) >= 11 is 0. The van der Waals surface area contributed by atoms with Gasteiger partial charge in [0.05, 0.1) is 0 Å². The number of nitrogens with zero attached hydrogens (tertiary/aromatic N) is 1. The van der Waals surface area contributed by atoms with Gasteiger partial charge in [0, 0.05) is 18.2 Å². The van der Waals surface area contributed by atoms with Gasteiger partial charge in [-0.05, 0) is 106 Å². The molecule has 2 nitrogen and oxygen atoms in total. The van der Waals surface area contributed by atoms with Crippen LogP contribution in [0.15, 0.2) is 112 Å². The molecule has 3 rings (SSSR count). The summed E-state index contributed by atoms with van der Waals surface area (Å²) in [5.41, 5.74) is 12.4. The lowest BCUT2D eigenvalue weighted by Crippen LogP contribution is -2.38. The number of rotatable bonds is 11. The first-order valence-electron chi connectivity index (χ1n) is 17.6. The van der Waals surface area contributed by atoms with Crippen LogP contribution in [0, 0.1) is 10.8 Å². The smallest absolute Gasteiger partial charge is 0.206 e. The molecule has 2 heteroatoms. The van der Waals surface area contributed by atoms with Crippen molar-refractivity contribution in [2.75, 3.05) is 6.61 Å². The molecule has 0 amide bonds. The standard InChI is InChI=1S/C42H58NO.C2H6/c1-32(20-22-39-35(4)17-12-25-41(39,6)7)14-10-16-34(3)30-38-31-37(24-27-43(38)28-29-44)19-11-15-33(2)21-23-40-36(5)18-13-26-42(40,8)9;1-2/h10-11,14-16,19-24,27,30-31,44H,12-13,17-18,25-26,28-29H2,1-9H3;1-2H3/q+1;/b16-10+,19-11+,22-20+,23-21+,32-14+,33-15+,34-30+;. The monoisotopic (exact) mass is 622 g/mol. The third kappa shape index (κ3) is 12.2. The van der Waals surface area contributed by atoms with E-state index in [9.17, 15) is 5.11 Å². The lowest BCUT2D eigenvalue weighted by molar-refractivity contribution is -0.699. The molecule has 0 aliphatic heterocycles. The highest BCUT2D eigenvalue weighted by Gasteiger charge is 2.27. The third-order valence-electron chi connectivity index (χ3n) is 9.29. The number of allylic oxidation sites excluding steroid dienone is 16. The van der Waals surface area contributed by atoms with Crippen LogP contribution in [-0.2, 0) is 6.54 Å². The molecule has 1 aromatic rings. The molecule has 0 fully saturated rings. The van der Waals surface area contributed by atoms with Gasteiger partial charge in [-0.2, -0.15) is 4.57 Å². The second-order valence-corrected chi connectivity index (χ2v) is 14.3. The molecule has 2 aliphatic carbocycles. The van der Waals surface area contributed by atoms with Gasteiger partial charge in [-0.25, -0.2) is 0 Å². The molecular formula is C44H64NO+. The minimum atomic E-state index is 0.109. The van der Waals surface area contributed by atoms with Gasteiger partial charge in [-0.1, -0.05) is 125 Å². The van der Waals surface area contributed by atoms with Crippen LogP contribution in [0.4, 0.5) is 0 Å². The Morgan fingerprint density at radius 1 is 0.761 bits per heavy atom. The molecule has 1 aromatic heterocycles. The summed E-state index contributed by atoms with van der Waals surface area (Å²) in [6.45, 7) is 25.2. The average molecular weight is 623 g/mol. The van der Waals surface area contributed by atoms with Crippen molar-refractivity contribution in [3.8, 4) is 0 Å². The van der Waals surface area contributed by atoms with Gasteiger partial charge >= 0.3 is 0 Å². The van der Waals surface area contributed by atoms with E-state index in [0.717, 1.165) is 16.8 Å². The summed E-state index contributed by atoms with van der Waals surface area (Å²) in [4.78, 5) is 0. The first kappa shape index (κ1) is 39.0. The number of hydrogen-bond acceptors (Lipinski definition) is 1. The minimum absolute atomic E-state index is 0.109. The minimum Gasteiger partial charge on any atom is -0.390 e. The van der Waals surface area contributed by atoms with Crippen molar-refractivity contribution < 1.29 is 9.67 Å². The van der Waals surface area contributed by atoms with Crippen LogP contribution in [0.5, 0.6) is 0 Å². The van der Waals surface area contributed by atoms with Crippen LogP contribution < -0.4 is 4.57 Å². The number of hydrogen-bond donors (Lipinski definition) is 1. The van der Waals surface area contributed by atoms with Crippen LogP contribution in [-0.4, -0.2) is 11.7 Å². The zero-order chi connectivity index (χ0) is 34.3. The highest BCUT2D eigenvalue weighted by molar-refractivity contribution is 5.57. The molecule has 250 valence electrons. The highest BCUT2D eigenvalue weighted by Crippen LogP contribution is 2.41. The summed E-state index contributed by atoms with van der Waals surface area (Å²) in [6.07, 6.45) is 33.9. The van der Waals surface area contributed by atoms with E-state index in [1.54, 1.807) is 0 Å². The van der Waals surface area contributed by atoms with Crippen molar-refractivity contribution >= 4 is 12.2 Å². The molecule has 1 N–H and O–H groups in total. The maximum atomic E-state index is 9.64. The van der Waals surface area contributed by atoms with Crippen molar-refractivity contribution in [1.82, 2.24) is 0 Å². The van der Waals surface area contributed by atoms with E-state index >= 15 is 0 Å². The molecular weight excluding hydrogens is 558 g/mol. The van der Waals surface area contributed by atoms with E-state index in [1.807, 2.05) is 13.8 Å². The fourth-order valence-electron chi connectivity index (χ4n) is 6.61. The van der Waals surface area contributed by atoms with Crippen LogP contribution in [0.25, 0.3) is 12.2 Å². The Balaban J connectivity index is 0.00000361. The van der Waals surface area contributed by atoms with Gasteiger partial charge < -0.3 is 5.11 Å². The van der Waals surface area contributed by atoms with Crippen molar-refractivity contribution in [2.24, 2.45) is 10.8 Å². The topological polar surface area (TPSA) is 24.1 Å². The van der Waals surface area contributed by atoms with Crippen molar-refractivity contribution in [3.05, 3.63) is 123 Å². The molecule has 2 aliphatic rings. The van der Waals surface area contributed by atoms with Crippen LogP contribution in [0.2, 0.25) is 0 Å². The van der Waals surface area contributed by atoms with E-state index in [-0.39, 0.29) is 17.4 Å². The summed E-state index contributed by atoms with van der Waals surface area (Å²) in [5, 5.41) is 9.64. The van der Waals surface area contributed by atoms with E-state index in [0.29, 0.717) is 6.54 Å². The molecule has 0 aromatic carbocycles. The lowest BCUT2D eigenvalue weighted by atomic mass is 9.72. The van der Waals surface area contributed by atoms with Gasteiger partial charge in [-0.15, -0.1) is 0 Å². The van der Waals surface area contributed by atoms with E-state index < -0.39 is 0 Å². The Morgan fingerprint density at radius 3 is 1.78 bits per heavy atom. The van der Waals surface area contributed by atoms with Crippen LogP contribution in [0.3, 0.4) is 0 Å². The Labute approximate surface area is 283 Å². The summed E-state index contributed by atoms with van der Waals surface area (Å²) in [5.74, 6) is 0. The van der Waals surface area contributed by atoms with Crippen molar-refractivity contribution in [2.45, 2.75) is 121 Å². The summed E-state index contributed by atoms with van der Waals surface area (Å²) < 4.78 is 2.10. The highest BCUT2D eigenvalue weighted by atomic mass is 16.3. The zero-order valence-electron chi connectivity index (χ0n) is 31.1. The van der Waals surface area contributed by atoms with Crippen LogP contribution in [0.1, 0.15) is 126 Å². The van der Waals surface area contributed by atoms with E-state index in [1.165, 1.54) is 72.0 Å². The molecule has 46 heavy (non-hydrogen) atoms. The Morgan fingerprint density at radius 2 is 1.28 bits per heavy atom. The SMILES string of the molecule is CC.CC1=C(/C=C/C(C)=C/C=C/C(C)=C/c2cc(/C=C/C=C(C)/C=C/C3=C(C)CCCC3(C)C)cc[n+]2CCO)C(C)(C)CCC1. The van der Waals surface area contributed by atoms with Gasteiger partial charge in [0.15, 0.2) is 12.7 Å². The molecule has 0 unspecified atom stereocenters. The number of aromatic nitrogens is 1. The molecule has 0 spiro atoms. The molecule has 0 radical (unpaired) electrons. The Kier molecular flexibility index (Phi) is 15.9. The molecule has 0 bridgehead atoms. The normalized spacial score (nSPS) is 19.6. The predicted molar refractivity (Wildman–Crippen MR) is 203 cm³/mol. The van der Waals surface area contributed by atoms with Crippen molar-refractivity contribution in [3.63, 3.8) is 0 Å². The first-order valence-corrected chi connectivity index (χ1v) is 17.6. The number of aliphatic hydroxyl groups excluding tert-OH is 1.